The lowest BCUT2D eigenvalue weighted by Crippen LogP contribution is -2.63. The molecule has 1 aliphatic carbocycles. The molecule has 3 aliphatic heterocycles. The molecule has 4 aliphatic rings. The summed E-state index contributed by atoms with van der Waals surface area (Å²) in [5.74, 6) is -0.0854. The summed E-state index contributed by atoms with van der Waals surface area (Å²) in [7, 11) is 0. The predicted octanol–water partition coefficient (Wildman–Crippen LogP) is 0.782. The van der Waals surface area contributed by atoms with E-state index in [-0.39, 0.29) is 17.9 Å². The van der Waals surface area contributed by atoms with Crippen molar-refractivity contribution >= 4 is 11.6 Å². The smallest absolute Gasteiger partial charge is 0.224 e. The van der Waals surface area contributed by atoms with Gasteiger partial charge in [0.25, 0.3) is 0 Å². The average Bonchev–Trinajstić information content (AvgIpc) is 2.63. The number of carbonyl (C=O) groups is 1. The van der Waals surface area contributed by atoms with Crippen molar-refractivity contribution in [3.63, 3.8) is 0 Å². The van der Waals surface area contributed by atoms with Gasteiger partial charge >= 0.3 is 0 Å². The molecule has 7 heteroatoms. The number of aliphatic hydroxyl groups is 1. The second kappa shape index (κ2) is 5.77. The van der Waals surface area contributed by atoms with Gasteiger partial charge in [0.1, 0.15) is 6.07 Å². The molecule has 1 amide bonds. The quantitative estimate of drug-likeness (QED) is 0.746. The van der Waals surface area contributed by atoms with Crippen molar-refractivity contribution in [2.24, 2.45) is 5.73 Å². The minimum absolute atomic E-state index is 0.0854. The van der Waals surface area contributed by atoms with Crippen LogP contribution in [0.2, 0.25) is 0 Å². The minimum atomic E-state index is -0.755. The number of rotatable bonds is 3. The molecular weight excluding hydrogens is 320 g/mol. The summed E-state index contributed by atoms with van der Waals surface area (Å²) < 4.78 is 5.98. The number of ether oxygens (including phenoxy) is 1. The number of aromatic nitrogens is 1. The Kier molecular flexibility index (Phi) is 3.80. The number of aryl methyl sites for hydroxylation is 1. The largest absolute Gasteiger partial charge is 0.390 e. The Labute approximate surface area is 146 Å². The highest BCUT2D eigenvalue weighted by Crippen LogP contribution is 2.45. The van der Waals surface area contributed by atoms with Gasteiger partial charge in [-0.25, -0.2) is 0 Å². The van der Waals surface area contributed by atoms with Crippen LogP contribution in [0.4, 0.5) is 5.69 Å². The van der Waals surface area contributed by atoms with Gasteiger partial charge in [0.2, 0.25) is 5.91 Å². The fourth-order valence-electron chi connectivity index (χ4n) is 4.23. The fraction of sp³-hybridized carbons (Fsp3) is 0.611. The topological polar surface area (TPSA) is 121 Å². The predicted molar refractivity (Wildman–Crippen MR) is 89.7 cm³/mol. The Balaban J connectivity index is 1.64. The van der Waals surface area contributed by atoms with Gasteiger partial charge in [0.05, 0.1) is 35.3 Å². The SMILES string of the molecule is N#Cc1cnc2c(c1CC(O)C13CCC(N)(CC1)CO3)NC(=O)CC2. The van der Waals surface area contributed by atoms with Crippen LogP contribution in [0, 0.1) is 11.3 Å². The molecule has 4 heterocycles. The number of amides is 1. The maximum atomic E-state index is 11.8. The van der Waals surface area contributed by atoms with Gasteiger partial charge in [0.15, 0.2) is 0 Å². The maximum absolute atomic E-state index is 11.8. The molecule has 25 heavy (non-hydrogen) atoms. The maximum Gasteiger partial charge on any atom is 0.224 e. The van der Waals surface area contributed by atoms with E-state index in [1.54, 1.807) is 0 Å². The van der Waals surface area contributed by atoms with Gasteiger partial charge in [0, 0.05) is 31.0 Å². The summed E-state index contributed by atoms with van der Waals surface area (Å²) in [5.41, 5.74) is 7.78. The van der Waals surface area contributed by atoms with Gasteiger partial charge in [-0.2, -0.15) is 5.26 Å². The molecule has 0 aromatic carbocycles. The van der Waals surface area contributed by atoms with Crippen LogP contribution in [0.3, 0.4) is 0 Å². The van der Waals surface area contributed by atoms with Gasteiger partial charge in [-0.1, -0.05) is 0 Å². The Bertz CT molecular complexity index is 746. The lowest BCUT2D eigenvalue weighted by Gasteiger charge is -2.53. The highest BCUT2D eigenvalue weighted by atomic mass is 16.5. The molecular formula is C18H22N4O3. The van der Waals surface area contributed by atoms with E-state index in [1.165, 1.54) is 6.20 Å². The summed E-state index contributed by atoms with van der Waals surface area (Å²) in [6, 6.07) is 2.13. The third kappa shape index (κ3) is 2.71. The first-order valence-electron chi connectivity index (χ1n) is 8.76. The molecule has 2 bridgehead atoms. The van der Waals surface area contributed by atoms with Crippen molar-refractivity contribution in [3.8, 4) is 6.07 Å². The van der Waals surface area contributed by atoms with Crippen LogP contribution in [-0.4, -0.2) is 39.8 Å². The molecule has 1 unspecified atom stereocenters. The summed E-state index contributed by atoms with van der Waals surface area (Å²) in [6.07, 6.45) is 5.07. The van der Waals surface area contributed by atoms with Crippen LogP contribution in [0.1, 0.15) is 48.9 Å². The Morgan fingerprint density at radius 2 is 2.16 bits per heavy atom. The fourth-order valence-corrected chi connectivity index (χ4v) is 4.23. The zero-order chi connectivity index (χ0) is 17.7. The molecule has 5 rings (SSSR count). The lowest BCUT2D eigenvalue weighted by molar-refractivity contribution is -0.201. The van der Waals surface area contributed by atoms with Gasteiger partial charge in [-0.05, 0) is 31.2 Å². The molecule has 4 N–H and O–H groups in total. The number of anilines is 1. The normalized spacial score (nSPS) is 31.8. The molecule has 0 spiro atoms. The number of nitrogens with two attached hydrogens (primary N) is 1. The number of nitriles is 1. The Hall–Kier alpha value is -2.01. The second-order valence-corrected chi connectivity index (χ2v) is 7.57. The zero-order valence-corrected chi connectivity index (χ0v) is 14.0. The average molecular weight is 342 g/mol. The van der Waals surface area contributed by atoms with E-state index in [0.29, 0.717) is 49.1 Å². The first-order valence-corrected chi connectivity index (χ1v) is 8.76. The molecule has 7 nitrogen and oxygen atoms in total. The van der Waals surface area contributed by atoms with Crippen molar-refractivity contribution in [2.45, 2.75) is 62.2 Å². The monoisotopic (exact) mass is 342 g/mol. The third-order valence-electron chi connectivity index (χ3n) is 5.98. The molecule has 0 radical (unpaired) electrons. The van der Waals surface area contributed by atoms with Crippen LogP contribution in [0.15, 0.2) is 6.20 Å². The Morgan fingerprint density at radius 3 is 2.80 bits per heavy atom. The van der Waals surface area contributed by atoms with E-state index in [9.17, 15) is 15.2 Å². The van der Waals surface area contributed by atoms with Crippen LogP contribution < -0.4 is 11.1 Å². The third-order valence-corrected chi connectivity index (χ3v) is 5.98. The Morgan fingerprint density at radius 1 is 1.40 bits per heavy atom. The molecule has 1 aromatic heterocycles. The van der Waals surface area contributed by atoms with Crippen LogP contribution in [-0.2, 0) is 22.4 Å². The summed E-state index contributed by atoms with van der Waals surface area (Å²) in [6.45, 7) is 0.459. The van der Waals surface area contributed by atoms with Crippen molar-refractivity contribution in [1.82, 2.24) is 4.98 Å². The number of fused-ring (bicyclic) bond motifs is 4. The van der Waals surface area contributed by atoms with Crippen LogP contribution in [0.25, 0.3) is 0 Å². The number of pyridine rings is 1. The first kappa shape index (κ1) is 16.5. The van der Waals surface area contributed by atoms with E-state index in [2.05, 4.69) is 16.4 Å². The molecule has 1 saturated carbocycles. The standard InChI is InChI=1S/C18H22N4O3/c19-8-11-9-21-13-1-2-15(24)22-16(13)12(11)7-14(23)18-5-3-17(20,4-6-18)10-25-18/h9,14,23H,1-7,10,20H2,(H,22,24). The van der Waals surface area contributed by atoms with E-state index in [4.69, 9.17) is 10.5 Å². The molecule has 1 atom stereocenters. The summed E-state index contributed by atoms with van der Waals surface area (Å²) >= 11 is 0. The molecule has 2 saturated heterocycles. The number of hydrogen-bond donors (Lipinski definition) is 3. The van der Waals surface area contributed by atoms with Gasteiger partial charge in [-0.3, -0.25) is 9.78 Å². The number of nitrogens with zero attached hydrogens (tertiary/aromatic N) is 2. The lowest BCUT2D eigenvalue weighted by atomic mass is 9.68. The van der Waals surface area contributed by atoms with Crippen molar-refractivity contribution in [1.29, 1.82) is 5.26 Å². The highest BCUT2D eigenvalue weighted by Gasteiger charge is 2.51. The summed E-state index contributed by atoms with van der Waals surface area (Å²) in [4.78, 5) is 16.1. The van der Waals surface area contributed by atoms with Gasteiger partial charge < -0.3 is 20.9 Å². The second-order valence-electron chi connectivity index (χ2n) is 7.57. The zero-order valence-electron chi connectivity index (χ0n) is 14.0. The number of hydrogen-bond acceptors (Lipinski definition) is 6. The highest BCUT2D eigenvalue weighted by molar-refractivity contribution is 5.94. The molecule has 3 fully saturated rings. The van der Waals surface area contributed by atoms with Crippen LogP contribution in [0.5, 0.6) is 0 Å². The van der Waals surface area contributed by atoms with E-state index in [1.807, 2.05) is 0 Å². The van der Waals surface area contributed by atoms with Crippen molar-refractivity contribution < 1.29 is 14.6 Å². The molecule has 132 valence electrons. The minimum Gasteiger partial charge on any atom is -0.390 e. The number of nitrogens with one attached hydrogen (secondary N) is 1. The van der Waals surface area contributed by atoms with E-state index < -0.39 is 11.7 Å². The first-order chi connectivity index (χ1) is 11.9. The van der Waals surface area contributed by atoms with Crippen LogP contribution >= 0.6 is 0 Å². The number of aliphatic hydroxyl groups excluding tert-OH is 1. The van der Waals surface area contributed by atoms with E-state index in [0.717, 1.165) is 18.5 Å². The summed E-state index contributed by atoms with van der Waals surface area (Å²) in [5, 5.41) is 23.2. The van der Waals surface area contributed by atoms with Crippen molar-refractivity contribution in [2.75, 3.05) is 11.9 Å². The molecule has 1 aromatic rings. The number of carbonyl (C=O) groups excluding carboxylic acids is 1. The van der Waals surface area contributed by atoms with Gasteiger partial charge in [-0.15, -0.1) is 0 Å². The van der Waals surface area contributed by atoms with Crippen molar-refractivity contribution in [3.05, 3.63) is 23.0 Å². The van der Waals surface area contributed by atoms with E-state index >= 15 is 0 Å².